The Bertz CT molecular complexity index is 1170. The van der Waals surface area contributed by atoms with Crippen LogP contribution in [-0.4, -0.2) is 14.3 Å². The number of carbonyl (C=O) groups excluding carboxylic acids is 1. The Labute approximate surface area is 179 Å². The second-order valence-corrected chi connectivity index (χ2v) is 8.89. The summed E-state index contributed by atoms with van der Waals surface area (Å²) in [5, 5.41) is 3.16. The molecule has 0 saturated carbocycles. The number of aryl methyl sites for hydroxylation is 2. The van der Waals surface area contributed by atoms with E-state index in [1.54, 1.807) is 43.3 Å². The molecule has 2 N–H and O–H groups in total. The van der Waals surface area contributed by atoms with Crippen molar-refractivity contribution < 1.29 is 17.6 Å². The van der Waals surface area contributed by atoms with Crippen molar-refractivity contribution in [2.24, 2.45) is 0 Å². The molecule has 3 aromatic rings. The van der Waals surface area contributed by atoms with Crippen LogP contribution in [0, 0.1) is 12.7 Å². The van der Waals surface area contributed by atoms with Crippen molar-refractivity contribution in [1.29, 1.82) is 0 Å². The first kappa shape index (κ1) is 21.8. The Balaban J connectivity index is 1.71. The Morgan fingerprint density at radius 2 is 1.77 bits per heavy atom. The predicted octanol–water partition coefficient (Wildman–Crippen LogP) is 5.16. The molecular formula is C22H20ClFN2O3S. The van der Waals surface area contributed by atoms with E-state index in [0.717, 1.165) is 11.1 Å². The second kappa shape index (κ2) is 9.28. The minimum Gasteiger partial charge on any atom is -0.326 e. The summed E-state index contributed by atoms with van der Waals surface area (Å²) >= 11 is 5.90. The van der Waals surface area contributed by atoms with Crippen LogP contribution < -0.4 is 10.0 Å². The molecule has 0 atom stereocenters. The van der Waals surface area contributed by atoms with Gasteiger partial charge in [-0.25, -0.2) is 12.8 Å². The maximum Gasteiger partial charge on any atom is 0.261 e. The van der Waals surface area contributed by atoms with Crippen molar-refractivity contribution in [2.75, 3.05) is 10.0 Å². The molecule has 5 nitrogen and oxygen atoms in total. The molecule has 0 radical (unpaired) electrons. The summed E-state index contributed by atoms with van der Waals surface area (Å²) in [4.78, 5) is 12.3. The fraction of sp³-hybridized carbons (Fsp3) is 0.136. The maximum atomic E-state index is 13.0. The lowest BCUT2D eigenvalue weighted by molar-refractivity contribution is -0.116. The van der Waals surface area contributed by atoms with E-state index in [9.17, 15) is 17.6 Å². The van der Waals surface area contributed by atoms with Crippen molar-refractivity contribution in [2.45, 2.75) is 24.7 Å². The smallest absolute Gasteiger partial charge is 0.261 e. The molecule has 0 aromatic heterocycles. The highest BCUT2D eigenvalue weighted by Crippen LogP contribution is 2.24. The summed E-state index contributed by atoms with van der Waals surface area (Å²) < 4.78 is 40.8. The molecule has 0 aliphatic rings. The molecule has 156 valence electrons. The molecule has 3 aromatic carbocycles. The molecule has 1 amide bonds. The Hall–Kier alpha value is -2.90. The van der Waals surface area contributed by atoms with E-state index < -0.39 is 10.0 Å². The average Bonchev–Trinajstić information content (AvgIpc) is 2.69. The summed E-state index contributed by atoms with van der Waals surface area (Å²) in [5.41, 5.74) is 2.32. The van der Waals surface area contributed by atoms with Crippen LogP contribution in [-0.2, 0) is 21.2 Å². The number of carbonyl (C=O) groups is 1. The van der Waals surface area contributed by atoms with Gasteiger partial charge in [0.25, 0.3) is 10.0 Å². The quantitative estimate of drug-likeness (QED) is 0.526. The topological polar surface area (TPSA) is 75.3 Å². The molecule has 0 spiro atoms. The number of nitrogens with one attached hydrogen (secondary N) is 2. The summed E-state index contributed by atoms with van der Waals surface area (Å²) in [6.07, 6.45) is 0.627. The Morgan fingerprint density at radius 1 is 1.03 bits per heavy atom. The zero-order valence-corrected chi connectivity index (χ0v) is 17.7. The Morgan fingerprint density at radius 3 is 2.47 bits per heavy atom. The van der Waals surface area contributed by atoms with Gasteiger partial charge >= 0.3 is 0 Å². The van der Waals surface area contributed by atoms with E-state index >= 15 is 0 Å². The number of halogens is 2. The largest absolute Gasteiger partial charge is 0.326 e. The standard InChI is InChI=1S/C22H20ClFN2O3S/c1-15-5-11-20(30(28,29)26-19-4-2-3-17(23)13-19)14-21(15)25-22(27)12-8-16-6-9-18(24)10-7-16/h2-7,9-11,13-14,26H,8,12H2,1H3,(H,25,27). The predicted molar refractivity (Wildman–Crippen MR) is 117 cm³/mol. The van der Waals surface area contributed by atoms with E-state index in [-0.39, 0.29) is 23.0 Å². The monoisotopic (exact) mass is 446 g/mol. The third kappa shape index (κ3) is 5.81. The van der Waals surface area contributed by atoms with Gasteiger partial charge in [0, 0.05) is 17.1 Å². The second-order valence-electron chi connectivity index (χ2n) is 6.77. The maximum absolute atomic E-state index is 13.0. The minimum absolute atomic E-state index is 0.0157. The number of rotatable bonds is 7. The van der Waals surface area contributed by atoms with E-state index in [1.807, 2.05) is 0 Å². The summed E-state index contributed by atoms with van der Waals surface area (Å²) in [7, 11) is -3.86. The molecule has 0 unspecified atom stereocenters. The van der Waals surface area contributed by atoms with E-state index in [2.05, 4.69) is 10.0 Å². The molecule has 0 aliphatic heterocycles. The van der Waals surface area contributed by atoms with Gasteiger partial charge in [-0.2, -0.15) is 0 Å². The van der Waals surface area contributed by atoms with Crippen LogP contribution in [0.4, 0.5) is 15.8 Å². The van der Waals surface area contributed by atoms with Gasteiger partial charge in [-0.3, -0.25) is 9.52 Å². The molecule has 0 saturated heterocycles. The normalized spacial score (nSPS) is 11.2. The van der Waals surface area contributed by atoms with Crippen LogP contribution in [0.1, 0.15) is 17.5 Å². The van der Waals surface area contributed by atoms with Crippen LogP contribution in [0.15, 0.2) is 71.6 Å². The number of benzene rings is 3. The van der Waals surface area contributed by atoms with E-state index in [1.165, 1.54) is 30.3 Å². The minimum atomic E-state index is -3.86. The highest BCUT2D eigenvalue weighted by atomic mass is 35.5. The third-order valence-electron chi connectivity index (χ3n) is 4.42. The van der Waals surface area contributed by atoms with Gasteiger partial charge in [-0.15, -0.1) is 0 Å². The van der Waals surface area contributed by atoms with Gasteiger partial charge in [0.1, 0.15) is 5.82 Å². The van der Waals surface area contributed by atoms with Gasteiger partial charge in [0.05, 0.1) is 10.6 Å². The van der Waals surface area contributed by atoms with Crippen LogP contribution in [0.3, 0.4) is 0 Å². The fourth-order valence-corrected chi connectivity index (χ4v) is 4.06. The molecular weight excluding hydrogens is 427 g/mol. The molecule has 30 heavy (non-hydrogen) atoms. The first-order chi connectivity index (χ1) is 14.2. The van der Waals surface area contributed by atoms with E-state index in [4.69, 9.17) is 11.6 Å². The van der Waals surface area contributed by atoms with Crippen molar-refractivity contribution in [3.05, 3.63) is 88.7 Å². The van der Waals surface area contributed by atoms with Crippen molar-refractivity contribution >= 4 is 38.9 Å². The van der Waals surface area contributed by atoms with Gasteiger partial charge in [0.2, 0.25) is 5.91 Å². The fourth-order valence-electron chi connectivity index (χ4n) is 2.79. The van der Waals surface area contributed by atoms with Crippen LogP contribution in [0.5, 0.6) is 0 Å². The van der Waals surface area contributed by atoms with Crippen LogP contribution in [0.25, 0.3) is 0 Å². The SMILES string of the molecule is Cc1ccc(S(=O)(=O)Nc2cccc(Cl)c2)cc1NC(=O)CCc1ccc(F)cc1. The van der Waals surface area contributed by atoms with Gasteiger partial charge in [-0.05, 0) is 66.9 Å². The van der Waals surface area contributed by atoms with Crippen molar-refractivity contribution in [1.82, 2.24) is 0 Å². The van der Waals surface area contributed by atoms with Crippen LogP contribution in [0.2, 0.25) is 5.02 Å². The summed E-state index contributed by atoms with van der Waals surface area (Å²) in [5.74, 6) is -0.594. The molecule has 0 aliphatic carbocycles. The molecule has 0 heterocycles. The highest BCUT2D eigenvalue weighted by molar-refractivity contribution is 7.92. The zero-order chi connectivity index (χ0) is 21.7. The summed E-state index contributed by atoms with van der Waals surface area (Å²) in [6, 6.07) is 16.8. The molecule has 0 fully saturated rings. The van der Waals surface area contributed by atoms with Crippen molar-refractivity contribution in [3.8, 4) is 0 Å². The van der Waals surface area contributed by atoms with E-state index in [0.29, 0.717) is 22.8 Å². The van der Waals surface area contributed by atoms with Gasteiger partial charge in [-0.1, -0.05) is 35.9 Å². The lowest BCUT2D eigenvalue weighted by atomic mass is 10.1. The Kier molecular flexibility index (Phi) is 6.74. The number of amides is 1. The molecule has 0 bridgehead atoms. The lowest BCUT2D eigenvalue weighted by Gasteiger charge is -2.13. The van der Waals surface area contributed by atoms with Crippen LogP contribution >= 0.6 is 11.6 Å². The number of hydrogen-bond acceptors (Lipinski definition) is 3. The number of sulfonamides is 1. The first-order valence-corrected chi connectivity index (χ1v) is 11.0. The zero-order valence-electron chi connectivity index (χ0n) is 16.2. The number of anilines is 2. The lowest BCUT2D eigenvalue weighted by Crippen LogP contribution is -2.16. The first-order valence-electron chi connectivity index (χ1n) is 9.16. The highest BCUT2D eigenvalue weighted by Gasteiger charge is 2.17. The third-order valence-corrected chi connectivity index (χ3v) is 6.04. The average molecular weight is 447 g/mol. The number of hydrogen-bond donors (Lipinski definition) is 2. The molecule has 3 rings (SSSR count). The van der Waals surface area contributed by atoms with Gasteiger partial charge in [0.15, 0.2) is 0 Å². The van der Waals surface area contributed by atoms with Crippen molar-refractivity contribution in [3.63, 3.8) is 0 Å². The molecule has 8 heteroatoms. The van der Waals surface area contributed by atoms with Gasteiger partial charge < -0.3 is 5.32 Å². The summed E-state index contributed by atoms with van der Waals surface area (Å²) in [6.45, 7) is 1.77.